The monoisotopic (exact) mass is 308 g/mol. The van der Waals surface area contributed by atoms with Crippen molar-refractivity contribution in [3.63, 3.8) is 0 Å². The number of rotatable bonds is 4. The van der Waals surface area contributed by atoms with Gasteiger partial charge in [-0.3, -0.25) is 9.59 Å². The zero-order valence-corrected chi connectivity index (χ0v) is 12.7. The van der Waals surface area contributed by atoms with Crippen LogP contribution in [-0.4, -0.2) is 48.0 Å². The highest BCUT2D eigenvalue weighted by atomic mass is 32.2. The predicted octanol–water partition coefficient (Wildman–Crippen LogP) is 1.89. The van der Waals surface area contributed by atoms with Crippen LogP contribution >= 0.6 is 11.8 Å². The van der Waals surface area contributed by atoms with Crippen LogP contribution in [0.5, 0.6) is 0 Å². The number of nitrogens with zero attached hydrogens (tertiary/aromatic N) is 1. The Morgan fingerprint density at radius 1 is 1.43 bits per heavy atom. The summed E-state index contributed by atoms with van der Waals surface area (Å²) < 4.78 is 4.65. The van der Waals surface area contributed by atoms with Gasteiger partial charge in [0.25, 0.3) is 5.24 Å². The number of methoxy groups -OCH3 is 1. The molecule has 0 unspecified atom stereocenters. The maximum absolute atomic E-state index is 12.0. The Balaban J connectivity index is 2.06. The Morgan fingerprint density at radius 3 is 2.81 bits per heavy atom. The van der Waals surface area contributed by atoms with E-state index in [1.54, 1.807) is 18.2 Å². The van der Waals surface area contributed by atoms with Gasteiger partial charge in [-0.05, 0) is 24.6 Å². The van der Waals surface area contributed by atoms with E-state index < -0.39 is 5.97 Å². The number of carbonyl (C=O) groups excluding carboxylic acids is 3. The van der Waals surface area contributed by atoms with E-state index in [1.807, 2.05) is 6.92 Å². The Bertz CT molecular complexity index is 588. The number of ether oxygens (including phenoxy) is 1. The minimum atomic E-state index is -0.461. The molecule has 1 fully saturated rings. The molecule has 6 nitrogen and oxygen atoms in total. The number of nitrogens with one attached hydrogen (secondary N) is 1. The second-order valence-corrected chi connectivity index (χ2v) is 5.65. The molecule has 1 aliphatic heterocycles. The van der Waals surface area contributed by atoms with Crippen LogP contribution in [0.15, 0.2) is 18.2 Å². The average molecular weight is 308 g/mol. The lowest BCUT2D eigenvalue weighted by molar-refractivity contribution is -0.116. The number of aryl methyl sites for hydroxylation is 1. The summed E-state index contributed by atoms with van der Waals surface area (Å²) in [6.07, 6.45) is 0. The summed E-state index contributed by atoms with van der Waals surface area (Å²) in [6, 6.07) is 4.94. The predicted molar refractivity (Wildman–Crippen MR) is 80.6 cm³/mol. The molecule has 0 saturated carbocycles. The molecule has 0 aromatic heterocycles. The molecular weight excluding hydrogens is 292 g/mol. The third kappa shape index (κ3) is 3.75. The normalized spacial score (nSPS) is 14.2. The fraction of sp³-hybridized carbons (Fsp3) is 0.357. The van der Waals surface area contributed by atoms with Crippen molar-refractivity contribution in [2.24, 2.45) is 0 Å². The van der Waals surface area contributed by atoms with Crippen LogP contribution in [0.25, 0.3) is 0 Å². The molecule has 1 saturated heterocycles. The van der Waals surface area contributed by atoms with E-state index in [-0.39, 0.29) is 17.7 Å². The number of esters is 1. The molecule has 0 atom stereocenters. The highest BCUT2D eigenvalue weighted by Gasteiger charge is 2.23. The number of thioether (sulfide) groups is 1. The lowest BCUT2D eigenvalue weighted by Crippen LogP contribution is -2.33. The van der Waals surface area contributed by atoms with Crippen molar-refractivity contribution in [2.45, 2.75) is 6.92 Å². The smallest absolute Gasteiger partial charge is 0.337 e. The third-order valence-corrected chi connectivity index (χ3v) is 4.00. The molecule has 1 aliphatic rings. The third-order valence-electron chi connectivity index (χ3n) is 3.11. The van der Waals surface area contributed by atoms with Gasteiger partial charge >= 0.3 is 5.97 Å². The van der Waals surface area contributed by atoms with E-state index in [0.29, 0.717) is 23.5 Å². The SMILES string of the molecule is COC(=O)c1ccc(C)c(NC(=O)CN2CCSC2=O)c1. The standard InChI is InChI=1S/C14H16N2O4S/c1-9-3-4-10(13(18)20-2)7-11(9)15-12(17)8-16-5-6-21-14(16)19/h3-4,7H,5-6,8H2,1-2H3,(H,15,17). The van der Waals surface area contributed by atoms with Gasteiger partial charge in [0.1, 0.15) is 6.54 Å². The van der Waals surface area contributed by atoms with E-state index in [0.717, 1.165) is 5.56 Å². The number of benzene rings is 1. The van der Waals surface area contributed by atoms with Crippen LogP contribution < -0.4 is 5.32 Å². The first kappa shape index (κ1) is 15.4. The largest absolute Gasteiger partial charge is 0.465 e. The highest BCUT2D eigenvalue weighted by Crippen LogP contribution is 2.19. The summed E-state index contributed by atoms with van der Waals surface area (Å²) in [5.74, 6) is -0.0317. The molecule has 2 amide bonds. The maximum atomic E-state index is 12.0. The summed E-state index contributed by atoms with van der Waals surface area (Å²) in [4.78, 5) is 36.4. The molecule has 112 valence electrons. The molecule has 1 heterocycles. The van der Waals surface area contributed by atoms with Crippen LogP contribution in [0.3, 0.4) is 0 Å². The first-order valence-corrected chi connectivity index (χ1v) is 7.40. The molecule has 0 spiro atoms. The van der Waals surface area contributed by atoms with Gasteiger partial charge < -0.3 is 15.0 Å². The minimum absolute atomic E-state index is 0.0216. The van der Waals surface area contributed by atoms with E-state index in [2.05, 4.69) is 10.1 Å². The van der Waals surface area contributed by atoms with E-state index in [9.17, 15) is 14.4 Å². The Morgan fingerprint density at radius 2 is 2.19 bits per heavy atom. The highest BCUT2D eigenvalue weighted by molar-refractivity contribution is 8.13. The lowest BCUT2D eigenvalue weighted by Gasteiger charge is -2.15. The minimum Gasteiger partial charge on any atom is -0.465 e. The molecule has 2 rings (SSSR count). The molecular formula is C14H16N2O4S. The summed E-state index contributed by atoms with van der Waals surface area (Å²) >= 11 is 1.21. The zero-order valence-electron chi connectivity index (χ0n) is 11.8. The number of carbonyl (C=O) groups is 3. The van der Waals surface area contributed by atoms with Gasteiger partial charge in [0.2, 0.25) is 5.91 Å². The Hall–Kier alpha value is -2.02. The van der Waals surface area contributed by atoms with Crippen molar-refractivity contribution in [1.29, 1.82) is 0 Å². The van der Waals surface area contributed by atoms with Crippen LogP contribution in [0.4, 0.5) is 10.5 Å². The molecule has 1 aromatic rings. The number of hydrogen-bond acceptors (Lipinski definition) is 5. The number of anilines is 1. The van der Waals surface area contributed by atoms with Crippen molar-refractivity contribution >= 4 is 34.6 Å². The first-order valence-electron chi connectivity index (χ1n) is 6.42. The molecule has 1 aromatic carbocycles. The van der Waals surface area contributed by atoms with Crippen molar-refractivity contribution in [3.8, 4) is 0 Å². The van der Waals surface area contributed by atoms with Gasteiger partial charge in [-0.15, -0.1) is 0 Å². The average Bonchev–Trinajstić information content (AvgIpc) is 2.85. The molecule has 0 bridgehead atoms. The van der Waals surface area contributed by atoms with E-state index in [1.165, 1.54) is 23.8 Å². The molecule has 21 heavy (non-hydrogen) atoms. The lowest BCUT2D eigenvalue weighted by atomic mass is 10.1. The molecule has 1 N–H and O–H groups in total. The quantitative estimate of drug-likeness (QED) is 0.860. The number of amides is 2. The van der Waals surface area contributed by atoms with Crippen molar-refractivity contribution in [3.05, 3.63) is 29.3 Å². The van der Waals surface area contributed by atoms with Crippen LogP contribution in [0.1, 0.15) is 15.9 Å². The van der Waals surface area contributed by atoms with Gasteiger partial charge in [0, 0.05) is 18.0 Å². The summed E-state index contributed by atoms with van der Waals surface area (Å²) in [5, 5.41) is 2.65. The Kier molecular flexibility index (Phi) is 4.85. The van der Waals surface area contributed by atoms with Crippen molar-refractivity contribution in [2.75, 3.05) is 31.3 Å². The topological polar surface area (TPSA) is 75.7 Å². The summed E-state index contributed by atoms with van der Waals surface area (Å²) in [7, 11) is 1.30. The Labute approximate surface area is 126 Å². The van der Waals surface area contributed by atoms with E-state index in [4.69, 9.17) is 0 Å². The molecule has 0 radical (unpaired) electrons. The van der Waals surface area contributed by atoms with Gasteiger partial charge in [0.15, 0.2) is 0 Å². The number of hydrogen-bond donors (Lipinski definition) is 1. The van der Waals surface area contributed by atoms with Crippen LogP contribution in [0, 0.1) is 6.92 Å². The summed E-state index contributed by atoms with van der Waals surface area (Å²) in [5.41, 5.74) is 1.74. The fourth-order valence-corrected chi connectivity index (χ4v) is 2.76. The molecule has 7 heteroatoms. The van der Waals surface area contributed by atoms with Gasteiger partial charge in [-0.1, -0.05) is 17.8 Å². The van der Waals surface area contributed by atoms with Crippen LogP contribution in [-0.2, 0) is 9.53 Å². The first-order chi connectivity index (χ1) is 10.0. The zero-order chi connectivity index (χ0) is 15.4. The van der Waals surface area contributed by atoms with Gasteiger partial charge in [-0.2, -0.15) is 0 Å². The molecule has 0 aliphatic carbocycles. The van der Waals surface area contributed by atoms with Crippen molar-refractivity contribution < 1.29 is 19.1 Å². The second-order valence-electron chi connectivity index (χ2n) is 4.61. The van der Waals surface area contributed by atoms with Gasteiger partial charge in [-0.25, -0.2) is 4.79 Å². The maximum Gasteiger partial charge on any atom is 0.337 e. The summed E-state index contributed by atoms with van der Waals surface area (Å²) in [6.45, 7) is 2.43. The van der Waals surface area contributed by atoms with E-state index >= 15 is 0 Å². The van der Waals surface area contributed by atoms with Gasteiger partial charge in [0.05, 0.1) is 12.7 Å². The van der Waals surface area contributed by atoms with Crippen molar-refractivity contribution in [1.82, 2.24) is 4.90 Å². The fourth-order valence-electron chi connectivity index (χ4n) is 1.93. The second kappa shape index (κ2) is 6.62. The van der Waals surface area contributed by atoms with Crippen LogP contribution in [0.2, 0.25) is 0 Å².